The Kier molecular flexibility index (Phi) is 9.27. The van der Waals surface area contributed by atoms with Crippen LogP contribution in [0.4, 0.5) is 0 Å². The average molecular weight is 362 g/mol. The van der Waals surface area contributed by atoms with Crippen LogP contribution >= 0.6 is 12.2 Å². The van der Waals surface area contributed by atoms with Crippen LogP contribution in [0, 0.1) is 5.92 Å². The van der Waals surface area contributed by atoms with Crippen LogP contribution in [0.3, 0.4) is 0 Å². The van der Waals surface area contributed by atoms with Gasteiger partial charge in [-0.2, -0.15) is 0 Å². The van der Waals surface area contributed by atoms with E-state index in [-0.39, 0.29) is 0 Å². The van der Waals surface area contributed by atoms with Gasteiger partial charge < -0.3 is 15.1 Å². The van der Waals surface area contributed by atoms with Crippen molar-refractivity contribution in [2.75, 3.05) is 32.7 Å². The van der Waals surface area contributed by atoms with Crippen LogP contribution in [0.15, 0.2) is 30.3 Å². The lowest BCUT2D eigenvalue weighted by Gasteiger charge is -2.30. The zero-order valence-corrected chi connectivity index (χ0v) is 16.9. The minimum atomic E-state index is 0.710. The van der Waals surface area contributed by atoms with Crippen molar-refractivity contribution in [2.45, 2.75) is 52.5 Å². The first kappa shape index (κ1) is 20.2. The second-order valence-electron chi connectivity index (χ2n) is 7.57. The maximum absolute atomic E-state index is 5.70. The SMILES string of the molecule is CC(C)CCN(CCCN1CCCCC1)C(=S)NCc1ccccc1. The highest BCUT2D eigenvalue weighted by Gasteiger charge is 2.13. The topological polar surface area (TPSA) is 18.5 Å². The molecule has 1 heterocycles. The number of hydrogen-bond acceptors (Lipinski definition) is 2. The normalized spacial score (nSPS) is 15.3. The Morgan fingerprint density at radius 1 is 1.12 bits per heavy atom. The summed E-state index contributed by atoms with van der Waals surface area (Å²) in [5.41, 5.74) is 1.28. The van der Waals surface area contributed by atoms with Crippen LogP contribution in [0.25, 0.3) is 0 Å². The summed E-state index contributed by atoms with van der Waals surface area (Å²) in [6.45, 7) is 11.3. The van der Waals surface area contributed by atoms with E-state index in [2.05, 4.69) is 59.3 Å². The van der Waals surface area contributed by atoms with Gasteiger partial charge in [0.05, 0.1) is 0 Å². The fourth-order valence-electron chi connectivity index (χ4n) is 3.28. The molecule has 0 aliphatic carbocycles. The molecule has 4 heteroatoms. The van der Waals surface area contributed by atoms with Crippen LogP contribution in [0.1, 0.15) is 51.5 Å². The highest BCUT2D eigenvalue weighted by Crippen LogP contribution is 2.10. The molecule has 140 valence electrons. The monoisotopic (exact) mass is 361 g/mol. The van der Waals surface area contributed by atoms with Gasteiger partial charge in [0.1, 0.15) is 0 Å². The molecule has 0 spiro atoms. The van der Waals surface area contributed by atoms with E-state index >= 15 is 0 Å². The number of hydrogen-bond donors (Lipinski definition) is 1. The summed E-state index contributed by atoms with van der Waals surface area (Å²) in [6.07, 6.45) is 6.54. The summed E-state index contributed by atoms with van der Waals surface area (Å²) < 4.78 is 0. The first-order valence-electron chi connectivity index (χ1n) is 9.94. The highest BCUT2D eigenvalue weighted by atomic mass is 32.1. The van der Waals surface area contributed by atoms with Gasteiger partial charge in [0.25, 0.3) is 0 Å². The Hall–Kier alpha value is -1.13. The third-order valence-corrected chi connectivity index (χ3v) is 5.30. The molecule has 3 nitrogen and oxygen atoms in total. The molecule has 0 bridgehead atoms. The Bertz CT molecular complexity index is 483. The zero-order valence-electron chi connectivity index (χ0n) is 16.0. The van der Waals surface area contributed by atoms with Crippen molar-refractivity contribution in [1.82, 2.24) is 15.1 Å². The van der Waals surface area contributed by atoms with Crippen molar-refractivity contribution < 1.29 is 0 Å². The number of rotatable bonds is 9. The third kappa shape index (κ3) is 8.19. The molecule has 0 atom stereocenters. The van der Waals surface area contributed by atoms with Gasteiger partial charge >= 0.3 is 0 Å². The number of benzene rings is 1. The zero-order chi connectivity index (χ0) is 17.9. The largest absolute Gasteiger partial charge is 0.358 e. The van der Waals surface area contributed by atoms with Crippen molar-refractivity contribution in [1.29, 1.82) is 0 Å². The molecule has 0 aromatic heterocycles. The molecule has 0 saturated carbocycles. The van der Waals surface area contributed by atoms with Gasteiger partial charge in [-0.15, -0.1) is 0 Å². The van der Waals surface area contributed by atoms with Crippen LogP contribution in [-0.2, 0) is 6.54 Å². The molecular weight excluding hydrogens is 326 g/mol. The van der Waals surface area contributed by atoms with E-state index in [1.165, 1.54) is 57.3 Å². The van der Waals surface area contributed by atoms with Gasteiger partial charge in [0.2, 0.25) is 0 Å². The lowest BCUT2D eigenvalue weighted by molar-refractivity contribution is 0.217. The van der Waals surface area contributed by atoms with Gasteiger partial charge in [-0.25, -0.2) is 0 Å². The second kappa shape index (κ2) is 11.5. The Labute approximate surface area is 159 Å². The van der Waals surface area contributed by atoms with Crippen molar-refractivity contribution in [2.24, 2.45) is 5.92 Å². The lowest BCUT2D eigenvalue weighted by atomic mass is 10.1. The van der Waals surface area contributed by atoms with E-state index in [0.717, 1.165) is 24.7 Å². The molecule has 1 aliphatic rings. The smallest absolute Gasteiger partial charge is 0.169 e. The molecule has 1 N–H and O–H groups in total. The maximum Gasteiger partial charge on any atom is 0.169 e. The van der Waals surface area contributed by atoms with Crippen LogP contribution in [0.2, 0.25) is 0 Å². The van der Waals surface area contributed by atoms with Crippen LogP contribution in [-0.4, -0.2) is 47.6 Å². The lowest BCUT2D eigenvalue weighted by Crippen LogP contribution is -2.42. The summed E-state index contributed by atoms with van der Waals surface area (Å²) in [4.78, 5) is 4.99. The first-order chi connectivity index (χ1) is 12.1. The van der Waals surface area contributed by atoms with E-state index < -0.39 is 0 Å². The Balaban J connectivity index is 1.77. The maximum atomic E-state index is 5.70. The van der Waals surface area contributed by atoms with Crippen molar-refractivity contribution in [3.63, 3.8) is 0 Å². The highest BCUT2D eigenvalue weighted by molar-refractivity contribution is 7.80. The van der Waals surface area contributed by atoms with Crippen LogP contribution in [0.5, 0.6) is 0 Å². The number of nitrogens with zero attached hydrogens (tertiary/aromatic N) is 2. The van der Waals surface area contributed by atoms with E-state index in [0.29, 0.717) is 5.92 Å². The van der Waals surface area contributed by atoms with E-state index in [1.54, 1.807) is 0 Å². The van der Waals surface area contributed by atoms with Crippen molar-refractivity contribution >= 4 is 17.3 Å². The molecule has 0 unspecified atom stereocenters. The molecule has 0 amide bonds. The number of nitrogens with one attached hydrogen (secondary N) is 1. The average Bonchev–Trinajstić information content (AvgIpc) is 2.64. The quantitative estimate of drug-likeness (QED) is 0.661. The molecule has 0 radical (unpaired) electrons. The summed E-state index contributed by atoms with van der Waals surface area (Å²) in [5.74, 6) is 0.710. The number of piperidine rings is 1. The molecule has 25 heavy (non-hydrogen) atoms. The minimum absolute atomic E-state index is 0.710. The predicted molar refractivity (Wildman–Crippen MR) is 112 cm³/mol. The summed E-state index contributed by atoms with van der Waals surface area (Å²) in [5, 5.41) is 4.36. The first-order valence-corrected chi connectivity index (χ1v) is 10.3. The van der Waals surface area contributed by atoms with Gasteiger partial charge in [0, 0.05) is 19.6 Å². The Morgan fingerprint density at radius 2 is 1.84 bits per heavy atom. The van der Waals surface area contributed by atoms with Crippen molar-refractivity contribution in [3.05, 3.63) is 35.9 Å². The molecule has 1 fully saturated rings. The van der Waals surface area contributed by atoms with Gasteiger partial charge in [-0.3, -0.25) is 0 Å². The number of thiocarbonyl (C=S) groups is 1. The van der Waals surface area contributed by atoms with Gasteiger partial charge in [-0.05, 0) is 69.0 Å². The summed E-state index contributed by atoms with van der Waals surface area (Å²) in [6, 6.07) is 10.5. The Morgan fingerprint density at radius 3 is 2.52 bits per heavy atom. The molecule has 2 rings (SSSR count). The van der Waals surface area contributed by atoms with E-state index in [1.807, 2.05) is 0 Å². The molecule has 1 aliphatic heterocycles. The van der Waals surface area contributed by atoms with E-state index in [4.69, 9.17) is 12.2 Å². The van der Waals surface area contributed by atoms with Gasteiger partial charge in [0.15, 0.2) is 5.11 Å². The fraction of sp³-hybridized carbons (Fsp3) is 0.667. The van der Waals surface area contributed by atoms with Crippen molar-refractivity contribution in [3.8, 4) is 0 Å². The second-order valence-corrected chi connectivity index (χ2v) is 7.96. The van der Waals surface area contributed by atoms with E-state index in [9.17, 15) is 0 Å². The van der Waals surface area contributed by atoms with Gasteiger partial charge in [-0.1, -0.05) is 50.6 Å². The molecule has 1 saturated heterocycles. The summed E-state index contributed by atoms with van der Waals surface area (Å²) >= 11 is 5.70. The van der Waals surface area contributed by atoms with Crippen LogP contribution < -0.4 is 5.32 Å². The fourth-order valence-corrected chi connectivity index (χ4v) is 3.54. The number of likely N-dealkylation sites (tertiary alicyclic amines) is 1. The predicted octanol–water partition coefficient (Wildman–Crippen LogP) is 4.29. The standard InChI is InChI=1S/C21H35N3S/c1-19(2)12-17-24(16-9-15-23-13-7-4-8-14-23)21(25)22-18-20-10-5-3-6-11-20/h3,5-6,10-11,19H,4,7-9,12-18H2,1-2H3,(H,22,25). The summed E-state index contributed by atoms with van der Waals surface area (Å²) in [7, 11) is 0. The minimum Gasteiger partial charge on any atom is -0.358 e. The third-order valence-electron chi connectivity index (χ3n) is 4.90. The molecule has 1 aromatic carbocycles. The molecule has 1 aromatic rings. The molecular formula is C21H35N3S.